The van der Waals surface area contributed by atoms with Crippen molar-refractivity contribution in [3.63, 3.8) is 0 Å². The van der Waals surface area contributed by atoms with Crippen LogP contribution in [0.2, 0.25) is 0 Å². The number of benzene rings is 3. The Morgan fingerprint density at radius 3 is 2.64 bits per heavy atom. The lowest BCUT2D eigenvalue weighted by Gasteiger charge is -2.11. The maximum atomic E-state index is 2.33. The SMILES string of the molecule is CCCCCc1cccc2ccc3c(c12)Cc1ccccc1-3. The van der Waals surface area contributed by atoms with Crippen molar-refractivity contribution in [3.8, 4) is 11.1 Å². The highest BCUT2D eigenvalue weighted by Gasteiger charge is 2.20. The lowest BCUT2D eigenvalue weighted by atomic mass is 9.93. The summed E-state index contributed by atoms with van der Waals surface area (Å²) >= 11 is 0. The van der Waals surface area contributed by atoms with Gasteiger partial charge in [-0.25, -0.2) is 0 Å². The highest BCUT2D eigenvalue weighted by atomic mass is 14.2. The number of hydrogen-bond donors (Lipinski definition) is 0. The number of unbranched alkanes of at least 4 members (excludes halogenated alkanes) is 2. The first-order valence-corrected chi connectivity index (χ1v) is 8.50. The molecule has 0 saturated heterocycles. The Labute approximate surface area is 132 Å². The summed E-state index contributed by atoms with van der Waals surface area (Å²) in [4.78, 5) is 0. The predicted octanol–water partition coefficient (Wildman–Crippen LogP) is 6.14. The van der Waals surface area contributed by atoms with Gasteiger partial charge in [0.05, 0.1) is 0 Å². The Kier molecular flexibility index (Phi) is 3.46. The lowest BCUT2D eigenvalue weighted by Crippen LogP contribution is -1.92. The van der Waals surface area contributed by atoms with Crippen molar-refractivity contribution >= 4 is 10.8 Å². The minimum atomic E-state index is 1.09. The van der Waals surface area contributed by atoms with Gasteiger partial charge < -0.3 is 0 Å². The topological polar surface area (TPSA) is 0 Å². The first kappa shape index (κ1) is 13.6. The summed E-state index contributed by atoms with van der Waals surface area (Å²) in [5, 5.41) is 2.92. The number of hydrogen-bond acceptors (Lipinski definition) is 0. The van der Waals surface area contributed by atoms with Crippen LogP contribution in [0.15, 0.2) is 54.6 Å². The Morgan fingerprint density at radius 1 is 0.818 bits per heavy atom. The molecule has 3 aromatic rings. The molecule has 0 spiro atoms. The van der Waals surface area contributed by atoms with E-state index in [1.165, 1.54) is 58.7 Å². The average molecular weight is 286 g/mol. The fourth-order valence-corrected chi connectivity index (χ4v) is 3.87. The molecule has 3 aromatic carbocycles. The van der Waals surface area contributed by atoms with Crippen LogP contribution in [0.25, 0.3) is 21.9 Å². The second-order valence-corrected chi connectivity index (χ2v) is 6.40. The molecule has 0 amide bonds. The van der Waals surface area contributed by atoms with Gasteiger partial charge in [-0.05, 0) is 57.9 Å². The molecule has 1 aliphatic rings. The molecule has 0 fully saturated rings. The molecule has 0 bridgehead atoms. The quantitative estimate of drug-likeness (QED) is 0.395. The molecular formula is C22H22. The summed E-state index contributed by atoms with van der Waals surface area (Å²) in [5.41, 5.74) is 7.45. The second kappa shape index (κ2) is 5.61. The van der Waals surface area contributed by atoms with Crippen molar-refractivity contribution in [1.29, 1.82) is 0 Å². The molecule has 0 saturated carbocycles. The summed E-state index contributed by atoms with van der Waals surface area (Å²) in [6.45, 7) is 2.28. The molecule has 0 aromatic heterocycles. The Balaban J connectivity index is 1.87. The van der Waals surface area contributed by atoms with Gasteiger partial charge in [-0.1, -0.05) is 74.4 Å². The van der Waals surface area contributed by atoms with Crippen LogP contribution in [0.3, 0.4) is 0 Å². The molecule has 0 heteroatoms. The monoisotopic (exact) mass is 286 g/mol. The van der Waals surface area contributed by atoms with Crippen LogP contribution in [0.1, 0.15) is 42.9 Å². The molecule has 0 N–H and O–H groups in total. The van der Waals surface area contributed by atoms with Crippen molar-refractivity contribution in [2.75, 3.05) is 0 Å². The summed E-state index contributed by atoms with van der Waals surface area (Å²) < 4.78 is 0. The smallest absolute Gasteiger partial charge is 0.000718 e. The Morgan fingerprint density at radius 2 is 1.73 bits per heavy atom. The van der Waals surface area contributed by atoms with Crippen LogP contribution in [0.4, 0.5) is 0 Å². The average Bonchev–Trinajstić information content (AvgIpc) is 2.94. The maximum Gasteiger partial charge on any atom is -0.000718 e. The molecule has 0 aliphatic heterocycles. The fourth-order valence-electron chi connectivity index (χ4n) is 3.87. The maximum absolute atomic E-state index is 2.33. The van der Waals surface area contributed by atoms with Crippen LogP contribution in [0.5, 0.6) is 0 Å². The first-order valence-electron chi connectivity index (χ1n) is 8.50. The summed E-state index contributed by atoms with van der Waals surface area (Å²) in [5.74, 6) is 0. The van der Waals surface area contributed by atoms with Gasteiger partial charge in [0.25, 0.3) is 0 Å². The minimum absolute atomic E-state index is 1.09. The number of fused-ring (bicyclic) bond motifs is 5. The molecule has 110 valence electrons. The van der Waals surface area contributed by atoms with Gasteiger partial charge in [-0.2, -0.15) is 0 Å². The van der Waals surface area contributed by atoms with Crippen LogP contribution in [-0.4, -0.2) is 0 Å². The summed E-state index contributed by atoms with van der Waals surface area (Å²) in [6.07, 6.45) is 6.21. The molecule has 4 rings (SSSR count). The summed E-state index contributed by atoms with van der Waals surface area (Å²) in [7, 11) is 0. The minimum Gasteiger partial charge on any atom is -0.0654 e. The van der Waals surface area contributed by atoms with Gasteiger partial charge >= 0.3 is 0 Å². The predicted molar refractivity (Wildman–Crippen MR) is 95.4 cm³/mol. The van der Waals surface area contributed by atoms with E-state index in [9.17, 15) is 0 Å². The van der Waals surface area contributed by atoms with Crippen LogP contribution in [-0.2, 0) is 12.8 Å². The van der Waals surface area contributed by atoms with E-state index in [-0.39, 0.29) is 0 Å². The standard InChI is InChI=1S/C22H22/c1-2-3-4-8-16-10-7-11-17-13-14-20-19-12-6-5-9-18(19)15-21(20)22(16)17/h5-7,9-14H,2-4,8,15H2,1H3. The van der Waals surface area contributed by atoms with Gasteiger partial charge in [0.15, 0.2) is 0 Å². The van der Waals surface area contributed by atoms with Gasteiger partial charge in [0, 0.05) is 0 Å². The van der Waals surface area contributed by atoms with E-state index in [1.54, 1.807) is 5.56 Å². The van der Waals surface area contributed by atoms with Gasteiger partial charge in [-0.15, -0.1) is 0 Å². The van der Waals surface area contributed by atoms with Crippen LogP contribution in [0, 0.1) is 0 Å². The largest absolute Gasteiger partial charge is 0.0654 e. The van der Waals surface area contributed by atoms with Crippen molar-refractivity contribution in [2.24, 2.45) is 0 Å². The zero-order valence-electron chi connectivity index (χ0n) is 13.2. The van der Waals surface area contributed by atoms with E-state index in [0.717, 1.165) is 6.42 Å². The van der Waals surface area contributed by atoms with Crippen molar-refractivity contribution in [3.05, 3.63) is 71.3 Å². The number of aryl methyl sites for hydroxylation is 1. The van der Waals surface area contributed by atoms with E-state index >= 15 is 0 Å². The third-order valence-corrected chi connectivity index (χ3v) is 4.96. The van der Waals surface area contributed by atoms with Crippen molar-refractivity contribution < 1.29 is 0 Å². The van der Waals surface area contributed by atoms with Gasteiger partial charge in [0.2, 0.25) is 0 Å². The molecule has 0 atom stereocenters. The first-order chi connectivity index (χ1) is 10.9. The zero-order valence-corrected chi connectivity index (χ0v) is 13.2. The highest BCUT2D eigenvalue weighted by Crippen LogP contribution is 2.41. The van der Waals surface area contributed by atoms with E-state index < -0.39 is 0 Å². The van der Waals surface area contributed by atoms with Crippen molar-refractivity contribution in [1.82, 2.24) is 0 Å². The molecule has 22 heavy (non-hydrogen) atoms. The zero-order chi connectivity index (χ0) is 14.9. The number of rotatable bonds is 4. The highest BCUT2D eigenvalue weighted by molar-refractivity contribution is 5.97. The van der Waals surface area contributed by atoms with Crippen LogP contribution >= 0.6 is 0 Å². The molecule has 1 aliphatic carbocycles. The molecule has 0 nitrogen and oxygen atoms in total. The van der Waals surface area contributed by atoms with Crippen molar-refractivity contribution in [2.45, 2.75) is 39.0 Å². The van der Waals surface area contributed by atoms with Crippen LogP contribution < -0.4 is 0 Å². The lowest BCUT2D eigenvalue weighted by molar-refractivity contribution is 0.719. The van der Waals surface area contributed by atoms with E-state index in [1.807, 2.05) is 0 Å². The molecule has 0 heterocycles. The van der Waals surface area contributed by atoms with Gasteiger partial charge in [-0.3, -0.25) is 0 Å². The third kappa shape index (κ3) is 2.14. The molecule has 0 radical (unpaired) electrons. The van der Waals surface area contributed by atoms with Gasteiger partial charge in [0.1, 0.15) is 0 Å². The summed E-state index contributed by atoms with van der Waals surface area (Å²) in [6, 6.07) is 20.3. The van der Waals surface area contributed by atoms with E-state index in [4.69, 9.17) is 0 Å². The normalized spacial score (nSPS) is 12.4. The van der Waals surface area contributed by atoms with E-state index in [2.05, 4.69) is 61.5 Å². The Hall–Kier alpha value is -2.08. The fraction of sp³-hybridized carbons (Fsp3) is 0.273. The Bertz CT molecular complexity index is 827. The molecule has 0 unspecified atom stereocenters. The van der Waals surface area contributed by atoms with E-state index in [0.29, 0.717) is 0 Å². The third-order valence-electron chi connectivity index (χ3n) is 4.96. The second-order valence-electron chi connectivity index (χ2n) is 6.40. The molecular weight excluding hydrogens is 264 g/mol.